The van der Waals surface area contributed by atoms with Gasteiger partial charge in [0.1, 0.15) is 0 Å². The van der Waals surface area contributed by atoms with Crippen molar-refractivity contribution < 1.29 is 9.84 Å². The van der Waals surface area contributed by atoms with E-state index in [1.54, 1.807) is 0 Å². The fourth-order valence-electron chi connectivity index (χ4n) is 3.61. The number of aliphatic hydroxyl groups excluding tert-OH is 1. The van der Waals surface area contributed by atoms with Crippen LogP contribution in [0, 0.1) is 0 Å². The molecular weight excluding hydrogens is 262 g/mol. The van der Waals surface area contributed by atoms with Crippen LogP contribution in [-0.4, -0.2) is 41.8 Å². The Hall–Kier alpha value is -1.42. The summed E-state index contributed by atoms with van der Waals surface area (Å²) in [5.41, 5.74) is 1.01. The average Bonchev–Trinajstić information content (AvgIpc) is 2.85. The fraction of sp³-hybridized carbons (Fsp3) is 0.444. The molecule has 0 spiro atoms. The average molecular weight is 283 g/mol. The van der Waals surface area contributed by atoms with E-state index >= 15 is 0 Å². The van der Waals surface area contributed by atoms with E-state index in [1.807, 2.05) is 18.2 Å². The first kappa shape index (κ1) is 13.3. The number of rotatable bonds is 3. The maximum Gasteiger partial charge on any atom is 0.0917 e. The van der Waals surface area contributed by atoms with Crippen molar-refractivity contribution >= 4 is 10.8 Å². The van der Waals surface area contributed by atoms with Gasteiger partial charge in [-0.3, -0.25) is 4.90 Å². The van der Waals surface area contributed by atoms with Gasteiger partial charge in [-0.05, 0) is 35.2 Å². The molecule has 2 fully saturated rings. The molecule has 4 rings (SSSR count). The van der Waals surface area contributed by atoms with Crippen molar-refractivity contribution in [3.8, 4) is 0 Å². The highest BCUT2D eigenvalue weighted by molar-refractivity contribution is 5.83. The monoisotopic (exact) mass is 283 g/mol. The molecule has 2 heterocycles. The van der Waals surface area contributed by atoms with E-state index in [-0.39, 0.29) is 0 Å². The minimum Gasteiger partial charge on any atom is -0.387 e. The minimum atomic E-state index is -0.424. The van der Waals surface area contributed by atoms with Gasteiger partial charge in [0.05, 0.1) is 18.3 Å². The molecule has 2 saturated heterocycles. The molecule has 2 aromatic rings. The summed E-state index contributed by atoms with van der Waals surface area (Å²) in [5.74, 6) is 0. The zero-order valence-corrected chi connectivity index (χ0v) is 12.1. The SMILES string of the molecule is OC(CN1CC2CCC(C1)O2)c1ccc2ccccc2c1. The summed E-state index contributed by atoms with van der Waals surface area (Å²) in [5, 5.41) is 13.0. The fourth-order valence-corrected chi connectivity index (χ4v) is 3.61. The molecule has 2 aliphatic heterocycles. The van der Waals surface area contributed by atoms with Crippen LogP contribution in [0.15, 0.2) is 42.5 Å². The Morgan fingerprint density at radius 2 is 1.76 bits per heavy atom. The van der Waals surface area contributed by atoms with Crippen molar-refractivity contribution in [1.29, 1.82) is 0 Å². The van der Waals surface area contributed by atoms with E-state index in [4.69, 9.17) is 4.74 Å². The number of fused-ring (bicyclic) bond motifs is 3. The third kappa shape index (κ3) is 2.69. The predicted octanol–water partition coefficient (Wildman–Crippen LogP) is 2.74. The number of hydrogen-bond donors (Lipinski definition) is 1. The third-order valence-corrected chi connectivity index (χ3v) is 4.71. The number of nitrogens with zero attached hydrogens (tertiary/aromatic N) is 1. The standard InChI is InChI=1S/C18H21NO2/c20-18(12-19-10-16-7-8-17(11-19)21-16)15-6-5-13-3-1-2-4-14(13)9-15/h1-6,9,16-18,20H,7-8,10-12H2. The van der Waals surface area contributed by atoms with Crippen molar-refractivity contribution in [3.63, 3.8) is 0 Å². The summed E-state index contributed by atoms with van der Waals surface area (Å²) >= 11 is 0. The summed E-state index contributed by atoms with van der Waals surface area (Å²) in [6, 6.07) is 14.5. The van der Waals surface area contributed by atoms with Gasteiger partial charge in [-0.15, -0.1) is 0 Å². The van der Waals surface area contributed by atoms with Crippen molar-refractivity contribution in [2.45, 2.75) is 31.2 Å². The van der Waals surface area contributed by atoms with Crippen LogP contribution in [0.25, 0.3) is 10.8 Å². The number of likely N-dealkylation sites (tertiary alicyclic amines) is 1. The van der Waals surface area contributed by atoms with Gasteiger partial charge in [-0.25, -0.2) is 0 Å². The van der Waals surface area contributed by atoms with E-state index in [2.05, 4.69) is 29.2 Å². The second-order valence-electron chi connectivity index (χ2n) is 6.30. The molecule has 0 aromatic heterocycles. The molecule has 2 aromatic carbocycles. The zero-order chi connectivity index (χ0) is 14.2. The Morgan fingerprint density at radius 1 is 1.05 bits per heavy atom. The van der Waals surface area contributed by atoms with Gasteiger partial charge in [0.2, 0.25) is 0 Å². The van der Waals surface area contributed by atoms with Crippen LogP contribution in [0.1, 0.15) is 24.5 Å². The Labute approximate surface area is 125 Å². The van der Waals surface area contributed by atoms with Gasteiger partial charge in [-0.2, -0.15) is 0 Å². The van der Waals surface area contributed by atoms with E-state index in [0.717, 1.165) is 18.7 Å². The molecule has 3 nitrogen and oxygen atoms in total. The summed E-state index contributed by atoms with van der Waals surface area (Å²) in [6.45, 7) is 2.62. The number of hydrogen-bond acceptors (Lipinski definition) is 3. The highest BCUT2D eigenvalue weighted by Crippen LogP contribution is 2.28. The molecule has 0 saturated carbocycles. The summed E-state index contributed by atoms with van der Waals surface area (Å²) in [6.07, 6.45) is 2.69. The lowest BCUT2D eigenvalue weighted by molar-refractivity contribution is -0.0497. The van der Waals surface area contributed by atoms with Gasteiger partial charge in [-0.1, -0.05) is 36.4 Å². The lowest BCUT2D eigenvalue weighted by Crippen LogP contribution is -2.44. The normalized spacial score (nSPS) is 27.1. The topological polar surface area (TPSA) is 32.7 Å². The molecule has 3 heteroatoms. The number of β-amino-alcohol motifs (C(OH)–C–C–N with tert-alkyl or cyclic N) is 1. The Morgan fingerprint density at radius 3 is 2.52 bits per heavy atom. The zero-order valence-electron chi connectivity index (χ0n) is 12.1. The van der Waals surface area contributed by atoms with Gasteiger partial charge in [0.15, 0.2) is 0 Å². The lowest BCUT2D eigenvalue weighted by Gasteiger charge is -2.33. The second kappa shape index (κ2) is 5.41. The van der Waals surface area contributed by atoms with Crippen molar-refractivity contribution in [2.24, 2.45) is 0 Å². The van der Waals surface area contributed by atoms with Gasteiger partial charge in [0.25, 0.3) is 0 Å². The van der Waals surface area contributed by atoms with Crippen LogP contribution in [0.3, 0.4) is 0 Å². The van der Waals surface area contributed by atoms with Crippen LogP contribution in [0.5, 0.6) is 0 Å². The van der Waals surface area contributed by atoms with E-state index < -0.39 is 6.10 Å². The van der Waals surface area contributed by atoms with E-state index in [0.29, 0.717) is 18.8 Å². The molecule has 3 atom stereocenters. The van der Waals surface area contributed by atoms with Crippen LogP contribution in [-0.2, 0) is 4.74 Å². The third-order valence-electron chi connectivity index (χ3n) is 4.71. The Kier molecular flexibility index (Phi) is 3.42. The number of ether oxygens (including phenoxy) is 1. The smallest absolute Gasteiger partial charge is 0.0917 e. The number of aliphatic hydroxyl groups is 1. The second-order valence-corrected chi connectivity index (χ2v) is 6.30. The maximum atomic E-state index is 10.5. The molecular formula is C18H21NO2. The minimum absolute atomic E-state index is 0.382. The van der Waals surface area contributed by atoms with Crippen LogP contribution in [0.4, 0.5) is 0 Å². The first-order chi connectivity index (χ1) is 10.3. The molecule has 2 bridgehead atoms. The van der Waals surface area contributed by atoms with Crippen molar-refractivity contribution in [2.75, 3.05) is 19.6 Å². The highest BCUT2D eigenvalue weighted by Gasteiger charge is 2.34. The van der Waals surface area contributed by atoms with Gasteiger partial charge >= 0.3 is 0 Å². The first-order valence-corrected chi connectivity index (χ1v) is 7.82. The van der Waals surface area contributed by atoms with Gasteiger partial charge < -0.3 is 9.84 Å². The molecule has 0 amide bonds. The molecule has 110 valence electrons. The Bertz CT molecular complexity index is 630. The molecule has 0 aliphatic carbocycles. The van der Waals surface area contributed by atoms with Crippen LogP contribution in [0.2, 0.25) is 0 Å². The number of morpholine rings is 1. The lowest BCUT2D eigenvalue weighted by atomic mass is 10.0. The highest BCUT2D eigenvalue weighted by atomic mass is 16.5. The van der Waals surface area contributed by atoms with Crippen molar-refractivity contribution in [3.05, 3.63) is 48.0 Å². The van der Waals surface area contributed by atoms with E-state index in [9.17, 15) is 5.11 Å². The summed E-state index contributed by atoms with van der Waals surface area (Å²) in [7, 11) is 0. The van der Waals surface area contributed by atoms with E-state index in [1.165, 1.54) is 23.6 Å². The summed E-state index contributed by atoms with van der Waals surface area (Å²) in [4.78, 5) is 2.35. The van der Waals surface area contributed by atoms with Crippen molar-refractivity contribution in [1.82, 2.24) is 4.90 Å². The Balaban J connectivity index is 1.49. The molecule has 0 radical (unpaired) electrons. The van der Waals surface area contributed by atoms with Crippen LogP contribution >= 0.6 is 0 Å². The summed E-state index contributed by atoms with van der Waals surface area (Å²) < 4.78 is 5.85. The first-order valence-electron chi connectivity index (χ1n) is 7.82. The predicted molar refractivity (Wildman–Crippen MR) is 83.2 cm³/mol. The van der Waals surface area contributed by atoms with Crippen LogP contribution < -0.4 is 0 Å². The maximum absolute atomic E-state index is 10.5. The largest absolute Gasteiger partial charge is 0.387 e. The molecule has 21 heavy (non-hydrogen) atoms. The molecule has 3 unspecified atom stereocenters. The quantitative estimate of drug-likeness (QED) is 0.940. The molecule has 1 N–H and O–H groups in total. The molecule has 2 aliphatic rings. The number of benzene rings is 2. The van der Waals surface area contributed by atoms with Gasteiger partial charge in [0, 0.05) is 19.6 Å².